The van der Waals surface area contributed by atoms with Crippen molar-refractivity contribution in [3.63, 3.8) is 0 Å². The summed E-state index contributed by atoms with van der Waals surface area (Å²) in [6, 6.07) is 2.83. The lowest BCUT2D eigenvalue weighted by Crippen LogP contribution is -2.26. The van der Waals surface area contributed by atoms with Gasteiger partial charge in [-0.05, 0) is 40.5 Å². The van der Waals surface area contributed by atoms with E-state index in [1.54, 1.807) is 13.0 Å². The molecule has 1 unspecified atom stereocenters. The molecule has 2 rings (SSSR count). The second-order valence-corrected chi connectivity index (χ2v) is 5.15. The van der Waals surface area contributed by atoms with Gasteiger partial charge in [-0.15, -0.1) is 0 Å². The van der Waals surface area contributed by atoms with E-state index in [-0.39, 0.29) is 18.9 Å². The third kappa shape index (κ3) is 2.25. The maximum absolute atomic E-state index is 13.5. The van der Waals surface area contributed by atoms with Gasteiger partial charge < -0.3 is 10.0 Å². The molecule has 96 valence electrons. The molecule has 1 saturated heterocycles. The van der Waals surface area contributed by atoms with Crippen LogP contribution in [0.4, 0.5) is 10.1 Å². The molecule has 1 aromatic rings. The normalized spacial score (nSPS) is 19.4. The number of carbonyl (C=O) groups excluding carboxylic acids is 1. The van der Waals surface area contributed by atoms with Crippen LogP contribution in [-0.4, -0.2) is 23.5 Å². The Labute approximate surface area is 112 Å². The van der Waals surface area contributed by atoms with Crippen LogP contribution < -0.4 is 4.90 Å². The Balaban J connectivity index is 2.35. The summed E-state index contributed by atoms with van der Waals surface area (Å²) in [6.07, 6.45) is -0.0353. The standard InChI is InChI=1S/C12H11BrFNO3/c1-6-2-8(13)9(14)4-10(6)15-5-7(12(17)18)3-11(15)16/h2,4,7H,3,5H2,1H3,(H,17,18). The minimum Gasteiger partial charge on any atom is -0.481 e. The Kier molecular flexibility index (Phi) is 3.38. The first kappa shape index (κ1) is 13.0. The molecule has 0 aromatic heterocycles. The van der Waals surface area contributed by atoms with Crippen LogP contribution in [0.25, 0.3) is 0 Å². The van der Waals surface area contributed by atoms with Crippen molar-refractivity contribution in [3.05, 3.63) is 28.0 Å². The van der Waals surface area contributed by atoms with Crippen LogP contribution in [0.15, 0.2) is 16.6 Å². The van der Waals surface area contributed by atoms with Gasteiger partial charge in [0.1, 0.15) is 5.82 Å². The summed E-state index contributed by atoms with van der Waals surface area (Å²) in [4.78, 5) is 24.0. The predicted molar refractivity (Wildman–Crippen MR) is 66.9 cm³/mol. The average Bonchev–Trinajstić information content (AvgIpc) is 2.66. The Hall–Kier alpha value is -1.43. The number of benzene rings is 1. The average molecular weight is 316 g/mol. The lowest BCUT2D eigenvalue weighted by molar-refractivity contribution is -0.141. The molecule has 4 nitrogen and oxygen atoms in total. The molecule has 1 fully saturated rings. The second kappa shape index (κ2) is 4.68. The molecule has 0 radical (unpaired) electrons. The molecule has 0 saturated carbocycles. The van der Waals surface area contributed by atoms with Gasteiger partial charge in [-0.25, -0.2) is 4.39 Å². The first-order chi connectivity index (χ1) is 8.40. The van der Waals surface area contributed by atoms with Gasteiger partial charge in [0.25, 0.3) is 0 Å². The van der Waals surface area contributed by atoms with Crippen LogP contribution in [-0.2, 0) is 9.59 Å². The van der Waals surface area contributed by atoms with E-state index in [1.807, 2.05) is 0 Å². The van der Waals surface area contributed by atoms with Crippen molar-refractivity contribution in [2.45, 2.75) is 13.3 Å². The highest BCUT2D eigenvalue weighted by atomic mass is 79.9. The van der Waals surface area contributed by atoms with Gasteiger partial charge in [0.15, 0.2) is 0 Å². The van der Waals surface area contributed by atoms with E-state index < -0.39 is 17.7 Å². The Morgan fingerprint density at radius 3 is 2.78 bits per heavy atom. The summed E-state index contributed by atoms with van der Waals surface area (Å²) in [5.74, 6) is -2.47. The van der Waals surface area contributed by atoms with E-state index in [0.717, 1.165) is 5.56 Å². The van der Waals surface area contributed by atoms with Gasteiger partial charge in [-0.3, -0.25) is 9.59 Å². The number of hydrogen-bond acceptors (Lipinski definition) is 2. The molecular weight excluding hydrogens is 305 g/mol. The van der Waals surface area contributed by atoms with E-state index in [0.29, 0.717) is 10.2 Å². The highest BCUT2D eigenvalue weighted by Crippen LogP contribution is 2.31. The third-order valence-electron chi connectivity index (χ3n) is 3.00. The molecule has 1 aliphatic heterocycles. The number of carbonyl (C=O) groups is 2. The molecule has 18 heavy (non-hydrogen) atoms. The number of halogens is 2. The van der Waals surface area contributed by atoms with Crippen molar-refractivity contribution < 1.29 is 19.1 Å². The molecule has 1 aromatic carbocycles. The lowest BCUT2D eigenvalue weighted by Gasteiger charge is -2.19. The zero-order valence-corrected chi connectivity index (χ0v) is 11.2. The predicted octanol–water partition coefficient (Wildman–Crippen LogP) is 2.33. The lowest BCUT2D eigenvalue weighted by atomic mass is 10.1. The maximum Gasteiger partial charge on any atom is 0.308 e. The molecule has 1 heterocycles. The number of aliphatic carboxylic acids is 1. The van der Waals surface area contributed by atoms with Crippen molar-refractivity contribution in [1.82, 2.24) is 0 Å². The van der Waals surface area contributed by atoms with E-state index in [9.17, 15) is 14.0 Å². The molecule has 6 heteroatoms. The van der Waals surface area contributed by atoms with Gasteiger partial charge in [0.05, 0.1) is 10.4 Å². The number of rotatable bonds is 2. The van der Waals surface area contributed by atoms with E-state index >= 15 is 0 Å². The number of amides is 1. The quantitative estimate of drug-likeness (QED) is 0.911. The number of carboxylic acids is 1. The fourth-order valence-corrected chi connectivity index (χ4v) is 2.49. The Morgan fingerprint density at radius 1 is 1.56 bits per heavy atom. The van der Waals surface area contributed by atoms with Gasteiger partial charge in [0.2, 0.25) is 5.91 Å². The van der Waals surface area contributed by atoms with E-state index in [1.165, 1.54) is 11.0 Å². The van der Waals surface area contributed by atoms with Crippen LogP contribution in [0, 0.1) is 18.7 Å². The van der Waals surface area contributed by atoms with Crippen LogP contribution >= 0.6 is 15.9 Å². The molecule has 1 atom stereocenters. The second-order valence-electron chi connectivity index (χ2n) is 4.30. The third-order valence-corrected chi connectivity index (χ3v) is 3.61. The zero-order valence-electron chi connectivity index (χ0n) is 9.61. The molecule has 1 N–H and O–H groups in total. The van der Waals surface area contributed by atoms with Crippen molar-refractivity contribution in [2.24, 2.45) is 5.92 Å². The SMILES string of the molecule is Cc1cc(Br)c(F)cc1N1CC(C(=O)O)CC1=O. The number of hydrogen-bond donors (Lipinski definition) is 1. The summed E-state index contributed by atoms with van der Waals surface area (Å²) in [6.45, 7) is 1.84. The fraction of sp³-hybridized carbons (Fsp3) is 0.333. The summed E-state index contributed by atoms with van der Waals surface area (Å²) in [7, 11) is 0. The summed E-state index contributed by atoms with van der Waals surface area (Å²) >= 11 is 3.07. The number of aryl methyl sites for hydroxylation is 1. The molecule has 1 amide bonds. The van der Waals surface area contributed by atoms with Gasteiger partial charge in [-0.1, -0.05) is 0 Å². The van der Waals surface area contributed by atoms with E-state index in [4.69, 9.17) is 5.11 Å². The zero-order chi connectivity index (χ0) is 13.4. The van der Waals surface area contributed by atoms with Crippen molar-refractivity contribution >= 4 is 33.5 Å². The molecular formula is C12H11BrFNO3. The smallest absolute Gasteiger partial charge is 0.308 e. The summed E-state index contributed by atoms with van der Waals surface area (Å²) in [5.41, 5.74) is 1.16. The van der Waals surface area contributed by atoms with Gasteiger partial charge in [0, 0.05) is 18.7 Å². The van der Waals surface area contributed by atoms with Gasteiger partial charge >= 0.3 is 5.97 Å². The topological polar surface area (TPSA) is 57.6 Å². The van der Waals surface area contributed by atoms with Crippen LogP contribution in [0.5, 0.6) is 0 Å². The van der Waals surface area contributed by atoms with Crippen LogP contribution in [0.1, 0.15) is 12.0 Å². The largest absolute Gasteiger partial charge is 0.481 e. The van der Waals surface area contributed by atoms with Gasteiger partial charge in [-0.2, -0.15) is 0 Å². The minimum atomic E-state index is -0.999. The highest BCUT2D eigenvalue weighted by Gasteiger charge is 2.35. The molecule has 0 bridgehead atoms. The van der Waals surface area contributed by atoms with Crippen molar-refractivity contribution in [1.29, 1.82) is 0 Å². The Morgan fingerprint density at radius 2 is 2.22 bits per heavy atom. The first-order valence-electron chi connectivity index (χ1n) is 5.39. The number of anilines is 1. The van der Waals surface area contributed by atoms with Crippen LogP contribution in [0.3, 0.4) is 0 Å². The Bertz CT molecular complexity index is 532. The molecule has 1 aliphatic rings. The minimum absolute atomic E-state index is 0.0353. The monoisotopic (exact) mass is 315 g/mol. The van der Waals surface area contributed by atoms with Crippen molar-refractivity contribution in [2.75, 3.05) is 11.4 Å². The van der Waals surface area contributed by atoms with Crippen molar-refractivity contribution in [3.8, 4) is 0 Å². The number of nitrogens with zero attached hydrogens (tertiary/aromatic N) is 1. The summed E-state index contributed by atoms with van der Waals surface area (Å²) < 4.78 is 13.8. The molecule has 0 spiro atoms. The van der Waals surface area contributed by atoms with E-state index in [2.05, 4.69) is 15.9 Å². The first-order valence-corrected chi connectivity index (χ1v) is 6.18. The molecule has 0 aliphatic carbocycles. The van der Waals surface area contributed by atoms with Crippen LogP contribution in [0.2, 0.25) is 0 Å². The fourth-order valence-electron chi connectivity index (χ4n) is 2.03. The number of carboxylic acid groups (broad SMARTS) is 1. The highest BCUT2D eigenvalue weighted by molar-refractivity contribution is 9.10. The summed E-state index contributed by atoms with van der Waals surface area (Å²) in [5, 5.41) is 8.90. The maximum atomic E-state index is 13.5.